The van der Waals surface area contributed by atoms with Crippen molar-refractivity contribution < 1.29 is 4.39 Å². The van der Waals surface area contributed by atoms with Crippen LogP contribution in [0.1, 0.15) is 17.5 Å². The molecule has 1 aliphatic carbocycles. The van der Waals surface area contributed by atoms with Gasteiger partial charge in [-0.1, -0.05) is 30.0 Å². The average Bonchev–Trinajstić information content (AvgIpc) is 2.46. The zero-order chi connectivity index (χ0) is 13.9. The summed E-state index contributed by atoms with van der Waals surface area (Å²) >= 11 is 1.59. The van der Waals surface area contributed by atoms with Gasteiger partial charge in [0.05, 0.1) is 0 Å². The summed E-state index contributed by atoms with van der Waals surface area (Å²) in [5.41, 5.74) is 9.62. The van der Waals surface area contributed by atoms with Crippen molar-refractivity contribution in [1.29, 1.82) is 0 Å². The highest BCUT2D eigenvalue weighted by molar-refractivity contribution is 7.99. The van der Waals surface area contributed by atoms with Crippen molar-refractivity contribution in [2.45, 2.75) is 22.6 Å². The molecule has 2 aromatic carbocycles. The standard InChI is InChI=1S/C17H16FNS/c18-14-5-2-6-15(10-14)20-16-7-8-17-12(9-16)3-1-4-13(17)11-19/h2,4-10H,1,3,11,19H2. The number of nitrogens with two attached hydrogens (primary N) is 1. The van der Waals surface area contributed by atoms with Crippen molar-refractivity contribution >= 4 is 17.3 Å². The third-order valence-corrected chi connectivity index (χ3v) is 4.46. The number of aryl methyl sites for hydroxylation is 1. The summed E-state index contributed by atoms with van der Waals surface area (Å²) in [4.78, 5) is 2.07. The van der Waals surface area contributed by atoms with Crippen LogP contribution >= 0.6 is 11.8 Å². The molecule has 0 aromatic heterocycles. The van der Waals surface area contributed by atoms with Gasteiger partial charge in [0, 0.05) is 16.3 Å². The Morgan fingerprint density at radius 2 is 1.95 bits per heavy atom. The van der Waals surface area contributed by atoms with Gasteiger partial charge in [-0.15, -0.1) is 0 Å². The van der Waals surface area contributed by atoms with Gasteiger partial charge in [0.1, 0.15) is 5.82 Å². The molecule has 3 rings (SSSR count). The third-order valence-electron chi connectivity index (χ3n) is 3.48. The number of rotatable bonds is 3. The maximum absolute atomic E-state index is 13.2. The lowest BCUT2D eigenvalue weighted by Gasteiger charge is -2.17. The number of allylic oxidation sites excluding steroid dienone is 1. The van der Waals surface area contributed by atoms with Crippen LogP contribution in [0.4, 0.5) is 4.39 Å². The maximum atomic E-state index is 13.2. The van der Waals surface area contributed by atoms with Gasteiger partial charge >= 0.3 is 0 Å². The van der Waals surface area contributed by atoms with Gasteiger partial charge in [-0.3, -0.25) is 0 Å². The molecule has 0 heterocycles. The Kier molecular flexibility index (Phi) is 3.90. The molecule has 0 saturated heterocycles. The average molecular weight is 285 g/mol. The minimum Gasteiger partial charge on any atom is -0.326 e. The van der Waals surface area contributed by atoms with Gasteiger partial charge in [-0.05, 0) is 59.9 Å². The fourth-order valence-corrected chi connectivity index (χ4v) is 3.45. The first-order valence-corrected chi connectivity index (χ1v) is 7.54. The van der Waals surface area contributed by atoms with Crippen LogP contribution in [0.15, 0.2) is 58.3 Å². The van der Waals surface area contributed by atoms with E-state index in [1.165, 1.54) is 22.8 Å². The van der Waals surface area contributed by atoms with Crippen molar-refractivity contribution in [2.24, 2.45) is 5.73 Å². The van der Waals surface area contributed by atoms with E-state index in [4.69, 9.17) is 5.73 Å². The molecule has 0 fully saturated rings. The van der Waals surface area contributed by atoms with E-state index in [1.54, 1.807) is 23.9 Å². The minimum absolute atomic E-state index is 0.193. The van der Waals surface area contributed by atoms with Crippen molar-refractivity contribution in [2.75, 3.05) is 6.54 Å². The Morgan fingerprint density at radius 1 is 1.10 bits per heavy atom. The summed E-state index contributed by atoms with van der Waals surface area (Å²) in [7, 11) is 0. The molecule has 20 heavy (non-hydrogen) atoms. The smallest absolute Gasteiger partial charge is 0.124 e. The summed E-state index contributed by atoms with van der Waals surface area (Å²) in [6.45, 7) is 0.587. The lowest BCUT2D eigenvalue weighted by Crippen LogP contribution is -2.08. The fraction of sp³-hybridized carbons (Fsp3) is 0.176. The van der Waals surface area contributed by atoms with Crippen LogP contribution in [0.25, 0.3) is 5.57 Å². The molecular weight excluding hydrogens is 269 g/mol. The van der Waals surface area contributed by atoms with Crippen molar-refractivity contribution in [3.8, 4) is 0 Å². The summed E-state index contributed by atoms with van der Waals surface area (Å²) in [5.74, 6) is -0.193. The Labute approximate surface area is 122 Å². The van der Waals surface area contributed by atoms with E-state index in [9.17, 15) is 4.39 Å². The first-order valence-electron chi connectivity index (χ1n) is 6.72. The van der Waals surface area contributed by atoms with Crippen molar-refractivity contribution in [3.05, 3.63) is 65.5 Å². The molecule has 2 N–H and O–H groups in total. The molecule has 0 radical (unpaired) electrons. The van der Waals surface area contributed by atoms with Gasteiger partial charge < -0.3 is 5.73 Å². The molecular formula is C17H16FNS. The van der Waals surface area contributed by atoms with Crippen LogP contribution in [-0.4, -0.2) is 6.54 Å². The Balaban J connectivity index is 1.88. The first-order chi connectivity index (χ1) is 9.76. The van der Waals surface area contributed by atoms with Crippen molar-refractivity contribution in [1.82, 2.24) is 0 Å². The van der Waals surface area contributed by atoms with Crippen molar-refractivity contribution in [3.63, 3.8) is 0 Å². The molecule has 3 heteroatoms. The Hall–Kier alpha value is -1.58. The highest BCUT2D eigenvalue weighted by Gasteiger charge is 2.12. The molecule has 102 valence electrons. The topological polar surface area (TPSA) is 26.0 Å². The summed E-state index contributed by atoms with van der Waals surface area (Å²) in [6, 6.07) is 13.1. The zero-order valence-corrected chi connectivity index (χ0v) is 11.9. The summed E-state index contributed by atoms with van der Waals surface area (Å²) in [6.07, 6.45) is 4.33. The monoisotopic (exact) mass is 285 g/mol. The van der Waals surface area contributed by atoms with Crippen LogP contribution in [-0.2, 0) is 6.42 Å². The molecule has 2 aromatic rings. The second-order valence-corrected chi connectivity index (χ2v) is 6.00. The van der Waals surface area contributed by atoms with Gasteiger partial charge in [-0.25, -0.2) is 4.39 Å². The highest BCUT2D eigenvalue weighted by atomic mass is 32.2. The molecule has 0 bridgehead atoms. The largest absolute Gasteiger partial charge is 0.326 e. The molecule has 1 nitrogen and oxygen atoms in total. The lowest BCUT2D eigenvalue weighted by atomic mass is 9.91. The first kappa shape index (κ1) is 13.4. The molecule has 0 spiro atoms. The number of benzene rings is 2. The molecule has 0 amide bonds. The number of hydrogen-bond acceptors (Lipinski definition) is 2. The van der Waals surface area contributed by atoms with E-state index < -0.39 is 0 Å². The third kappa shape index (κ3) is 2.79. The molecule has 0 unspecified atom stereocenters. The van der Waals surface area contributed by atoms with E-state index in [0.717, 1.165) is 22.6 Å². The number of fused-ring (bicyclic) bond motifs is 1. The van der Waals surface area contributed by atoms with E-state index >= 15 is 0 Å². The van der Waals surface area contributed by atoms with Crippen LogP contribution in [0.5, 0.6) is 0 Å². The maximum Gasteiger partial charge on any atom is 0.124 e. The number of halogens is 1. The predicted molar refractivity (Wildman–Crippen MR) is 82.3 cm³/mol. The fourth-order valence-electron chi connectivity index (χ4n) is 2.53. The second kappa shape index (κ2) is 5.81. The van der Waals surface area contributed by atoms with E-state index in [-0.39, 0.29) is 5.82 Å². The van der Waals surface area contributed by atoms with Crippen LogP contribution < -0.4 is 5.73 Å². The Bertz CT molecular complexity index is 664. The van der Waals surface area contributed by atoms with Gasteiger partial charge in [-0.2, -0.15) is 0 Å². The summed E-state index contributed by atoms with van der Waals surface area (Å²) in [5, 5.41) is 0. The highest BCUT2D eigenvalue weighted by Crippen LogP contribution is 2.33. The van der Waals surface area contributed by atoms with Gasteiger partial charge in [0.2, 0.25) is 0 Å². The molecule has 0 atom stereocenters. The quantitative estimate of drug-likeness (QED) is 0.911. The van der Waals surface area contributed by atoms with E-state index in [2.05, 4.69) is 24.3 Å². The van der Waals surface area contributed by atoms with Crippen LogP contribution in [0.2, 0.25) is 0 Å². The minimum atomic E-state index is -0.193. The SMILES string of the molecule is NCC1=CCCc2cc(Sc3cccc(F)c3)ccc21. The van der Waals surface area contributed by atoms with Gasteiger partial charge in [0.25, 0.3) is 0 Å². The van der Waals surface area contributed by atoms with Crippen LogP contribution in [0.3, 0.4) is 0 Å². The van der Waals surface area contributed by atoms with E-state index in [0.29, 0.717) is 6.54 Å². The summed E-state index contributed by atoms with van der Waals surface area (Å²) < 4.78 is 13.2. The van der Waals surface area contributed by atoms with E-state index in [1.807, 2.05) is 6.07 Å². The normalized spacial score (nSPS) is 13.8. The zero-order valence-electron chi connectivity index (χ0n) is 11.1. The molecule has 1 aliphatic rings. The van der Waals surface area contributed by atoms with Crippen LogP contribution in [0, 0.1) is 5.82 Å². The number of hydrogen-bond donors (Lipinski definition) is 1. The lowest BCUT2D eigenvalue weighted by molar-refractivity contribution is 0.624. The second-order valence-electron chi connectivity index (χ2n) is 4.85. The predicted octanol–water partition coefficient (Wildman–Crippen LogP) is 4.27. The Morgan fingerprint density at radius 3 is 2.75 bits per heavy atom. The molecule has 0 saturated carbocycles. The molecule has 0 aliphatic heterocycles. The van der Waals surface area contributed by atoms with Gasteiger partial charge in [0.15, 0.2) is 0 Å².